The van der Waals surface area contributed by atoms with E-state index in [-0.39, 0.29) is 12.4 Å². The lowest BCUT2D eigenvalue weighted by Gasteiger charge is -2.54. The summed E-state index contributed by atoms with van der Waals surface area (Å²) in [5.74, 6) is 0. The van der Waals surface area contributed by atoms with Gasteiger partial charge in [-0.05, 0) is 79.7 Å². The van der Waals surface area contributed by atoms with Gasteiger partial charge in [0.25, 0.3) is 0 Å². The van der Waals surface area contributed by atoms with E-state index in [0.29, 0.717) is 30.7 Å². The Bertz CT molecular complexity index is 690. The first-order valence-electron chi connectivity index (χ1n) is 13.3. The zero-order valence-electron chi connectivity index (χ0n) is 20.5. The summed E-state index contributed by atoms with van der Waals surface area (Å²) in [5.41, 5.74) is 3.89. The predicted molar refractivity (Wildman–Crippen MR) is 131 cm³/mol. The molecule has 0 aromatic heterocycles. The molecule has 3 aliphatic carbocycles. The zero-order valence-corrected chi connectivity index (χ0v) is 20.5. The van der Waals surface area contributed by atoms with Gasteiger partial charge < -0.3 is 14.2 Å². The van der Waals surface area contributed by atoms with Crippen molar-refractivity contribution >= 4 is 0 Å². The van der Waals surface area contributed by atoms with E-state index >= 15 is 0 Å². The second-order valence-electron chi connectivity index (χ2n) is 10.5. The molecule has 1 aromatic rings. The molecule has 3 nitrogen and oxygen atoms in total. The van der Waals surface area contributed by atoms with Crippen LogP contribution < -0.4 is 0 Å². The number of unbranched alkanes of at least 4 members (excludes halogenated alkanes) is 2. The van der Waals surface area contributed by atoms with Crippen LogP contribution in [0.15, 0.2) is 36.4 Å². The van der Waals surface area contributed by atoms with E-state index in [4.69, 9.17) is 14.2 Å². The molecule has 0 spiro atoms. The van der Waals surface area contributed by atoms with Crippen molar-refractivity contribution in [3.05, 3.63) is 47.5 Å². The lowest BCUT2D eigenvalue weighted by Crippen LogP contribution is -2.44. The molecule has 3 saturated carbocycles. The third-order valence-corrected chi connectivity index (χ3v) is 8.46. The van der Waals surface area contributed by atoms with Crippen LogP contribution >= 0.6 is 0 Å². The van der Waals surface area contributed by atoms with Gasteiger partial charge in [0.1, 0.15) is 6.10 Å². The Kier molecular flexibility index (Phi) is 8.48. The molecule has 0 unspecified atom stereocenters. The number of hydrogen-bond acceptors (Lipinski definition) is 3. The Morgan fingerprint density at radius 2 is 1.66 bits per heavy atom. The van der Waals surface area contributed by atoms with Gasteiger partial charge in [0, 0.05) is 0 Å². The van der Waals surface area contributed by atoms with Crippen molar-refractivity contribution in [2.75, 3.05) is 19.8 Å². The largest absolute Gasteiger partial charge is 0.366 e. The average Bonchev–Trinajstić information content (AvgIpc) is 2.86. The Morgan fingerprint density at radius 3 is 2.28 bits per heavy atom. The number of rotatable bonds is 11. The fraction of sp³-hybridized carbons (Fsp3) is 0.724. The van der Waals surface area contributed by atoms with Crippen LogP contribution in [0.1, 0.15) is 108 Å². The summed E-state index contributed by atoms with van der Waals surface area (Å²) < 4.78 is 17.8. The Hall–Kier alpha value is -1.16. The molecular weight excluding hydrogens is 396 g/mol. The van der Waals surface area contributed by atoms with Gasteiger partial charge >= 0.3 is 0 Å². The maximum atomic E-state index is 6.09. The minimum absolute atomic E-state index is 0.0188. The second-order valence-corrected chi connectivity index (χ2v) is 10.5. The maximum absolute atomic E-state index is 6.09. The highest BCUT2D eigenvalue weighted by molar-refractivity contribution is 5.32. The molecule has 5 rings (SSSR count). The topological polar surface area (TPSA) is 27.7 Å². The van der Waals surface area contributed by atoms with Gasteiger partial charge in [-0.1, -0.05) is 69.5 Å². The fourth-order valence-corrected chi connectivity index (χ4v) is 6.20. The van der Waals surface area contributed by atoms with Crippen LogP contribution in [0.4, 0.5) is 0 Å². The van der Waals surface area contributed by atoms with E-state index in [1.807, 2.05) is 0 Å². The molecule has 4 fully saturated rings. The number of ether oxygens (including phenoxy) is 3. The summed E-state index contributed by atoms with van der Waals surface area (Å²) in [6.45, 7) is 6.23. The van der Waals surface area contributed by atoms with Crippen molar-refractivity contribution in [3.63, 3.8) is 0 Å². The highest BCUT2D eigenvalue weighted by atomic mass is 16.7. The van der Waals surface area contributed by atoms with Crippen LogP contribution in [-0.2, 0) is 19.6 Å². The molecular formula is C29H44O3. The quantitative estimate of drug-likeness (QED) is 0.261. The normalized spacial score (nSPS) is 32.6. The van der Waals surface area contributed by atoms with E-state index < -0.39 is 0 Å². The van der Waals surface area contributed by atoms with Crippen LogP contribution in [-0.4, -0.2) is 26.1 Å². The SMILES string of the molecule is CCC=CCCO[C@@H]1CO[C@@H](c2ccc(C34CCC(CCCCC)(CC3)CC4)cc2)CO1. The Morgan fingerprint density at radius 1 is 0.906 bits per heavy atom. The molecule has 178 valence electrons. The van der Waals surface area contributed by atoms with E-state index in [2.05, 4.69) is 50.3 Å². The van der Waals surface area contributed by atoms with Gasteiger partial charge in [0.05, 0.1) is 19.8 Å². The van der Waals surface area contributed by atoms with E-state index in [1.54, 1.807) is 5.56 Å². The van der Waals surface area contributed by atoms with Gasteiger partial charge in [-0.2, -0.15) is 0 Å². The molecule has 32 heavy (non-hydrogen) atoms. The van der Waals surface area contributed by atoms with Gasteiger partial charge in [-0.25, -0.2) is 0 Å². The molecule has 0 radical (unpaired) electrons. The summed E-state index contributed by atoms with van der Waals surface area (Å²) in [5, 5.41) is 0. The van der Waals surface area contributed by atoms with Crippen LogP contribution in [0.3, 0.4) is 0 Å². The molecule has 2 atom stereocenters. The molecule has 0 N–H and O–H groups in total. The fourth-order valence-electron chi connectivity index (χ4n) is 6.20. The number of hydrogen-bond donors (Lipinski definition) is 0. The minimum atomic E-state index is -0.235. The number of fused-ring (bicyclic) bond motifs is 3. The molecule has 1 aliphatic heterocycles. The highest BCUT2D eigenvalue weighted by Crippen LogP contribution is 2.59. The first kappa shape index (κ1) is 24.0. The minimum Gasteiger partial charge on any atom is -0.366 e. The third-order valence-electron chi connectivity index (χ3n) is 8.46. The number of allylic oxidation sites excluding steroid dienone is 1. The van der Waals surface area contributed by atoms with Gasteiger partial charge in [-0.15, -0.1) is 0 Å². The van der Waals surface area contributed by atoms with E-state index in [1.165, 1.54) is 69.8 Å². The lowest BCUT2D eigenvalue weighted by atomic mass is 9.51. The number of benzene rings is 1. The molecule has 0 amide bonds. The standard InChI is InChI=1S/C29H44O3/c1-3-5-7-9-21-30-27-23-31-26(22-32-27)24-10-12-25(13-11-24)29-18-15-28(16-19-29,17-20-29)14-8-6-4-2/h5,7,10-13,26-27H,3-4,6,8-9,14-23H2,1-2H3/t26-,27+,28?,29?/m1/s1. The summed E-state index contributed by atoms with van der Waals surface area (Å²) in [7, 11) is 0. The van der Waals surface area contributed by atoms with Crippen molar-refractivity contribution in [1.29, 1.82) is 0 Å². The van der Waals surface area contributed by atoms with E-state index in [9.17, 15) is 0 Å². The first-order valence-corrected chi connectivity index (χ1v) is 13.3. The smallest absolute Gasteiger partial charge is 0.180 e. The molecule has 3 heteroatoms. The van der Waals surface area contributed by atoms with Crippen LogP contribution in [0.2, 0.25) is 0 Å². The van der Waals surface area contributed by atoms with Crippen molar-refractivity contribution < 1.29 is 14.2 Å². The summed E-state index contributed by atoms with van der Waals surface area (Å²) in [4.78, 5) is 0. The van der Waals surface area contributed by atoms with Crippen LogP contribution in [0.5, 0.6) is 0 Å². The summed E-state index contributed by atoms with van der Waals surface area (Å²) >= 11 is 0. The van der Waals surface area contributed by atoms with Gasteiger partial charge in [-0.3, -0.25) is 0 Å². The van der Waals surface area contributed by atoms with Crippen molar-refractivity contribution in [1.82, 2.24) is 0 Å². The van der Waals surface area contributed by atoms with Crippen molar-refractivity contribution in [2.45, 2.75) is 109 Å². The van der Waals surface area contributed by atoms with Crippen molar-refractivity contribution in [2.24, 2.45) is 5.41 Å². The molecule has 1 saturated heterocycles. The monoisotopic (exact) mass is 440 g/mol. The van der Waals surface area contributed by atoms with Gasteiger partial charge in [0.15, 0.2) is 6.29 Å². The zero-order chi connectivity index (χ0) is 22.3. The Labute approximate surface area is 195 Å². The third kappa shape index (κ3) is 5.66. The van der Waals surface area contributed by atoms with E-state index in [0.717, 1.165) is 12.8 Å². The highest BCUT2D eigenvalue weighted by Gasteiger charge is 2.48. The van der Waals surface area contributed by atoms with Gasteiger partial charge in [0.2, 0.25) is 0 Å². The molecule has 1 aromatic carbocycles. The molecule has 1 heterocycles. The van der Waals surface area contributed by atoms with Crippen molar-refractivity contribution in [3.8, 4) is 0 Å². The molecule has 4 aliphatic rings. The second kappa shape index (κ2) is 11.3. The maximum Gasteiger partial charge on any atom is 0.180 e. The lowest BCUT2D eigenvalue weighted by molar-refractivity contribution is -0.235. The summed E-state index contributed by atoms with van der Waals surface area (Å²) in [6.07, 6.45) is 20.2. The summed E-state index contributed by atoms with van der Waals surface area (Å²) in [6, 6.07) is 9.34. The molecule has 2 bridgehead atoms. The predicted octanol–water partition coefficient (Wildman–Crippen LogP) is 7.65. The average molecular weight is 441 g/mol. The Balaban J connectivity index is 1.25. The van der Waals surface area contributed by atoms with Crippen LogP contribution in [0, 0.1) is 5.41 Å². The van der Waals surface area contributed by atoms with Crippen LogP contribution in [0.25, 0.3) is 0 Å². The first-order chi connectivity index (χ1) is 15.7.